The fourth-order valence-electron chi connectivity index (χ4n) is 2.93. The van der Waals surface area contributed by atoms with E-state index in [1.165, 1.54) is 6.92 Å². The molecule has 0 fully saturated rings. The lowest BCUT2D eigenvalue weighted by molar-refractivity contribution is -0.116. The Bertz CT molecular complexity index is 875. The van der Waals surface area contributed by atoms with Crippen molar-refractivity contribution in [1.29, 1.82) is 0 Å². The number of carbonyl (C=O) groups is 1. The van der Waals surface area contributed by atoms with Crippen LogP contribution in [0.4, 0.5) is 5.69 Å². The van der Waals surface area contributed by atoms with Crippen LogP contribution in [0.2, 0.25) is 0 Å². The maximum atomic E-state index is 12.5. The summed E-state index contributed by atoms with van der Waals surface area (Å²) in [6.45, 7) is 8.06. The highest BCUT2D eigenvalue weighted by molar-refractivity contribution is 7.89. The van der Waals surface area contributed by atoms with Gasteiger partial charge in [0.2, 0.25) is 15.9 Å². The maximum Gasteiger partial charge on any atom is 0.240 e. The van der Waals surface area contributed by atoms with Crippen LogP contribution >= 0.6 is 0 Å². The molecule has 2 aromatic carbocycles. The van der Waals surface area contributed by atoms with E-state index in [0.29, 0.717) is 5.92 Å². The smallest absolute Gasteiger partial charge is 0.240 e. The highest BCUT2D eigenvalue weighted by Gasteiger charge is 2.17. The second-order valence-corrected chi connectivity index (χ2v) is 8.54. The molecule has 0 aliphatic carbocycles. The molecule has 0 aliphatic heterocycles. The Morgan fingerprint density at radius 2 is 1.70 bits per heavy atom. The molecule has 146 valence electrons. The Kier molecular flexibility index (Phi) is 7.16. The first-order valence-corrected chi connectivity index (χ1v) is 10.7. The van der Waals surface area contributed by atoms with Crippen LogP contribution in [-0.4, -0.2) is 27.4 Å². The number of nitrogens with one attached hydrogen (secondary N) is 1. The highest BCUT2D eigenvalue weighted by atomic mass is 32.2. The van der Waals surface area contributed by atoms with Crippen LogP contribution in [0.1, 0.15) is 44.7 Å². The third kappa shape index (κ3) is 5.40. The lowest BCUT2D eigenvalue weighted by Gasteiger charge is -2.24. The van der Waals surface area contributed by atoms with Gasteiger partial charge < -0.3 is 4.90 Å². The Morgan fingerprint density at radius 3 is 2.26 bits per heavy atom. The van der Waals surface area contributed by atoms with E-state index < -0.39 is 10.0 Å². The van der Waals surface area contributed by atoms with Crippen LogP contribution in [0.3, 0.4) is 0 Å². The summed E-state index contributed by atoms with van der Waals surface area (Å²) in [6, 6.07) is 14.6. The van der Waals surface area contributed by atoms with Crippen molar-refractivity contribution < 1.29 is 13.2 Å². The summed E-state index contributed by atoms with van der Waals surface area (Å²) < 4.78 is 27.6. The van der Waals surface area contributed by atoms with E-state index >= 15 is 0 Å². The molecule has 27 heavy (non-hydrogen) atoms. The molecule has 0 aromatic heterocycles. The average Bonchev–Trinajstić information content (AvgIpc) is 2.65. The van der Waals surface area contributed by atoms with E-state index in [-0.39, 0.29) is 23.9 Å². The van der Waals surface area contributed by atoms with Gasteiger partial charge in [0.25, 0.3) is 0 Å². The summed E-state index contributed by atoms with van der Waals surface area (Å²) in [4.78, 5) is 13.9. The van der Waals surface area contributed by atoms with Crippen molar-refractivity contribution in [1.82, 2.24) is 4.72 Å². The third-order valence-corrected chi connectivity index (χ3v) is 6.00. The number of nitrogens with zero attached hydrogens (tertiary/aromatic N) is 1. The van der Waals surface area contributed by atoms with Crippen molar-refractivity contribution in [3.63, 3.8) is 0 Å². The van der Waals surface area contributed by atoms with E-state index in [9.17, 15) is 13.2 Å². The van der Waals surface area contributed by atoms with Crippen LogP contribution in [0.15, 0.2) is 53.4 Å². The first-order valence-electron chi connectivity index (χ1n) is 9.22. The van der Waals surface area contributed by atoms with Crippen LogP contribution in [0, 0.1) is 0 Å². The molecule has 0 spiro atoms. The normalized spacial score (nSPS) is 11.6. The molecule has 0 saturated carbocycles. The number of hydrogen-bond donors (Lipinski definition) is 1. The van der Waals surface area contributed by atoms with E-state index in [2.05, 4.69) is 18.6 Å². The third-order valence-electron chi connectivity index (χ3n) is 4.53. The standard InChI is InChI=1S/C21H28N2O3S/c1-5-18-8-6-7-9-21(18)23(17(4)24)15-14-22-27(25,26)20-12-10-19(11-13-20)16(2)3/h6-13,16,22H,5,14-15H2,1-4H3. The fraction of sp³-hybridized carbons (Fsp3) is 0.381. The van der Waals surface area contributed by atoms with Gasteiger partial charge in [-0.2, -0.15) is 0 Å². The number of rotatable bonds is 8. The van der Waals surface area contributed by atoms with Gasteiger partial charge in [0.1, 0.15) is 0 Å². The molecule has 5 nitrogen and oxygen atoms in total. The van der Waals surface area contributed by atoms with Crippen molar-refractivity contribution in [2.45, 2.75) is 44.9 Å². The topological polar surface area (TPSA) is 66.5 Å². The summed E-state index contributed by atoms with van der Waals surface area (Å²) in [5, 5.41) is 0. The SMILES string of the molecule is CCc1ccccc1N(CCNS(=O)(=O)c1ccc(C(C)C)cc1)C(C)=O. The monoisotopic (exact) mass is 388 g/mol. The Labute approximate surface area is 162 Å². The zero-order valence-corrected chi connectivity index (χ0v) is 17.2. The van der Waals surface area contributed by atoms with Gasteiger partial charge in [0, 0.05) is 25.7 Å². The van der Waals surface area contributed by atoms with E-state index in [4.69, 9.17) is 0 Å². The molecule has 6 heteroatoms. The van der Waals surface area contributed by atoms with E-state index in [0.717, 1.165) is 23.2 Å². The summed E-state index contributed by atoms with van der Waals surface area (Å²) in [7, 11) is -3.61. The maximum absolute atomic E-state index is 12.5. The highest BCUT2D eigenvalue weighted by Crippen LogP contribution is 2.21. The molecule has 0 heterocycles. The Hall–Kier alpha value is -2.18. The molecule has 2 rings (SSSR count). The van der Waals surface area contributed by atoms with Gasteiger partial charge in [-0.05, 0) is 41.7 Å². The van der Waals surface area contributed by atoms with Crippen molar-refractivity contribution in [2.75, 3.05) is 18.0 Å². The summed E-state index contributed by atoms with van der Waals surface area (Å²) >= 11 is 0. The summed E-state index contributed by atoms with van der Waals surface area (Å²) in [5.41, 5.74) is 2.97. The van der Waals surface area contributed by atoms with Gasteiger partial charge >= 0.3 is 0 Å². The fourth-order valence-corrected chi connectivity index (χ4v) is 3.95. The number of para-hydroxylation sites is 1. The minimum atomic E-state index is -3.61. The first kappa shape index (κ1) is 21.1. The molecule has 1 N–H and O–H groups in total. The quantitative estimate of drug-likeness (QED) is 0.750. The summed E-state index contributed by atoms with van der Waals surface area (Å²) in [6.07, 6.45) is 0.799. The minimum Gasteiger partial charge on any atom is -0.311 e. The van der Waals surface area contributed by atoms with Crippen LogP contribution in [0.5, 0.6) is 0 Å². The van der Waals surface area contributed by atoms with Crippen molar-refractivity contribution in [3.8, 4) is 0 Å². The van der Waals surface area contributed by atoms with Crippen molar-refractivity contribution >= 4 is 21.6 Å². The van der Waals surface area contributed by atoms with Gasteiger partial charge in [-0.3, -0.25) is 4.79 Å². The molecule has 0 radical (unpaired) electrons. The lowest BCUT2D eigenvalue weighted by atomic mass is 10.0. The lowest BCUT2D eigenvalue weighted by Crippen LogP contribution is -2.38. The Morgan fingerprint density at radius 1 is 1.07 bits per heavy atom. The minimum absolute atomic E-state index is 0.114. The largest absolute Gasteiger partial charge is 0.311 e. The molecule has 1 amide bonds. The predicted molar refractivity (Wildman–Crippen MR) is 110 cm³/mol. The van der Waals surface area contributed by atoms with E-state index in [1.54, 1.807) is 17.0 Å². The number of aryl methyl sites for hydroxylation is 1. The van der Waals surface area contributed by atoms with Gasteiger partial charge in [-0.1, -0.05) is 51.1 Å². The molecule has 0 aliphatic rings. The second kappa shape index (κ2) is 9.15. The van der Waals surface area contributed by atoms with Crippen molar-refractivity contribution in [2.24, 2.45) is 0 Å². The second-order valence-electron chi connectivity index (χ2n) is 6.77. The zero-order valence-electron chi connectivity index (χ0n) is 16.4. The zero-order chi connectivity index (χ0) is 20.0. The van der Waals surface area contributed by atoms with Gasteiger partial charge in [0.15, 0.2) is 0 Å². The number of hydrogen-bond acceptors (Lipinski definition) is 3. The first-order chi connectivity index (χ1) is 12.8. The number of benzene rings is 2. The molecule has 0 bridgehead atoms. The number of anilines is 1. The molecular formula is C21H28N2O3S. The number of carbonyl (C=O) groups excluding carboxylic acids is 1. The Balaban J connectivity index is 2.08. The van der Waals surface area contributed by atoms with Gasteiger partial charge in [-0.25, -0.2) is 13.1 Å². The van der Waals surface area contributed by atoms with Crippen LogP contribution in [0.25, 0.3) is 0 Å². The van der Waals surface area contributed by atoms with Crippen molar-refractivity contribution in [3.05, 3.63) is 59.7 Å². The number of sulfonamides is 1. The summed E-state index contributed by atoms with van der Waals surface area (Å²) in [5.74, 6) is 0.230. The van der Waals surface area contributed by atoms with E-state index in [1.807, 2.05) is 43.3 Å². The number of amides is 1. The molecular weight excluding hydrogens is 360 g/mol. The van der Waals surface area contributed by atoms with Crippen LogP contribution in [-0.2, 0) is 21.2 Å². The predicted octanol–water partition coefficient (Wildman–Crippen LogP) is 3.70. The van der Waals surface area contributed by atoms with Crippen LogP contribution < -0.4 is 9.62 Å². The average molecular weight is 389 g/mol. The van der Waals surface area contributed by atoms with Gasteiger partial charge in [-0.15, -0.1) is 0 Å². The molecule has 0 atom stereocenters. The molecule has 0 unspecified atom stereocenters. The molecule has 2 aromatic rings. The molecule has 0 saturated heterocycles. The van der Waals surface area contributed by atoms with Gasteiger partial charge in [0.05, 0.1) is 4.90 Å².